The van der Waals surface area contributed by atoms with Gasteiger partial charge in [0.1, 0.15) is 5.82 Å². The van der Waals surface area contributed by atoms with E-state index in [4.69, 9.17) is 0 Å². The van der Waals surface area contributed by atoms with Gasteiger partial charge in [0, 0.05) is 44.6 Å². The van der Waals surface area contributed by atoms with Crippen molar-refractivity contribution in [3.63, 3.8) is 0 Å². The molecule has 6 nitrogen and oxygen atoms in total. The quantitative estimate of drug-likeness (QED) is 0.917. The fourth-order valence-electron chi connectivity index (χ4n) is 3.19. The molecule has 3 heterocycles. The van der Waals surface area contributed by atoms with Crippen LogP contribution >= 0.6 is 0 Å². The van der Waals surface area contributed by atoms with Crippen LogP contribution in [0.5, 0.6) is 0 Å². The molecule has 0 spiro atoms. The number of piperidine rings is 1. The Morgan fingerprint density at radius 2 is 2.08 bits per heavy atom. The van der Waals surface area contributed by atoms with Gasteiger partial charge in [-0.25, -0.2) is 4.98 Å². The van der Waals surface area contributed by atoms with Crippen molar-refractivity contribution < 1.29 is 4.79 Å². The van der Waals surface area contributed by atoms with E-state index in [1.54, 1.807) is 6.20 Å². The zero-order valence-electron chi connectivity index (χ0n) is 14.5. The van der Waals surface area contributed by atoms with Crippen LogP contribution in [0.3, 0.4) is 0 Å². The van der Waals surface area contributed by atoms with E-state index in [-0.39, 0.29) is 5.91 Å². The van der Waals surface area contributed by atoms with Crippen molar-refractivity contribution in [3.05, 3.63) is 41.3 Å². The van der Waals surface area contributed by atoms with Crippen LogP contribution in [0.15, 0.2) is 24.5 Å². The predicted octanol–water partition coefficient (Wildman–Crippen LogP) is 2.62. The highest BCUT2D eigenvalue weighted by Crippen LogP contribution is 2.19. The Morgan fingerprint density at radius 1 is 1.29 bits per heavy atom. The first-order valence-corrected chi connectivity index (χ1v) is 8.68. The van der Waals surface area contributed by atoms with Gasteiger partial charge >= 0.3 is 0 Å². The molecule has 1 amide bonds. The van der Waals surface area contributed by atoms with Gasteiger partial charge in [-0.1, -0.05) is 6.92 Å². The Balaban J connectivity index is 1.75. The second-order valence-corrected chi connectivity index (χ2v) is 6.23. The maximum absolute atomic E-state index is 12.8. The highest BCUT2D eigenvalue weighted by Gasteiger charge is 2.21. The molecule has 1 fully saturated rings. The van der Waals surface area contributed by atoms with Crippen LogP contribution in [0.25, 0.3) is 0 Å². The van der Waals surface area contributed by atoms with Crippen LogP contribution in [-0.2, 0) is 20.0 Å². The maximum Gasteiger partial charge on any atom is 0.257 e. The monoisotopic (exact) mass is 327 g/mol. The molecule has 2 aromatic rings. The van der Waals surface area contributed by atoms with Gasteiger partial charge in [0.15, 0.2) is 0 Å². The molecule has 2 aromatic heterocycles. The minimum absolute atomic E-state index is 0.0761. The van der Waals surface area contributed by atoms with Crippen molar-refractivity contribution in [2.24, 2.45) is 7.05 Å². The number of aromatic nitrogens is 3. The lowest BCUT2D eigenvalue weighted by Gasteiger charge is -2.27. The summed E-state index contributed by atoms with van der Waals surface area (Å²) in [6.45, 7) is 4.40. The summed E-state index contributed by atoms with van der Waals surface area (Å²) in [5.41, 5.74) is 2.87. The molecule has 128 valence electrons. The lowest BCUT2D eigenvalue weighted by molar-refractivity contribution is 0.0725. The van der Waals surface area contributed by atoms with Crippen molar-refractivity contribution in [3.8, 4) is 0 Å². The molecule has 1 N–H and O–H groups in total. The number of carbonyl (C=O) groups excluding carboxylic acids is 1. The Morgan fingerprint density at radius 3 is 2.83 bits per heavy atom. The predicted molar refractivity (Wildman–Crippen MR) is 93.9 cm³/mol. The first kappa shape index (κ1) is 16.5. The summed E-state index contributed by atoms with van der Waals surface area (Å²) in [7, 11) is 1.93. The van der Waals surface area contributed by atoms with Crippen LogP contribution in [0.4, 0.5) is 5.82 Å². The molecular formula is C18H25N5O. The molecule has 0 unspecified atom stereocenters. The number of nitrogens with one attached hydrogen (secondary N) is 1. The lowest BCUT2D eigenvalue weighted by Crippen LogP contribution is -2.36. The standard InChI is InChI=1S/C18H25N5O/c1-3-16-14(13-22(2)21-16)12-20-17-15(8-7-9-19-17)18(24)23-10-5-4-6-11-23/h7-9,13H,3-6,10-12H2,1-2H3,(H,19,20). The number of anilines is 1. The summed E-state index contributed by atoms with van der Waals surface area (Å²) in [4.78, 5) is 19.1. The van der Waals surface area contributed by atoms with Crippen molar-refractivity contribution >= 4 is 11.7 Å². The number of likely N-dealkylation sites (tertiary alicyclic amines) is 1. The van der Waals surface area contributed by atoms with Crippen LogP contribution in [0.2, 0.25) is 0 Å². The van der Waals surface area contributed by atoms with Crippen LogP contribution in [0.1, 0.15) is 47.8 Å². The fourth-order valence-corrected chi connectivity index (χ4v) is 3.19. The third-order valence-corrected chi connectivity index (χ3v) is 4.45. The number of aryl methyl sites for hydroxylation is 2. The number of hydrogen-bond donors (Lipinski definition) is 1. The van der Waals surface area contributed by atoms with Crippen LogP contribution in [0, 0.1) is 0 Å². The minimum Gasteiger partial charge on any atom is -0.365 e. The lowest BCUT2D eigenvalue weighted by atomic mass is 10.1. The molecule has 1 saturated heterocycles. The molecule has 0 saturated carbocycles. The molecule has 0 aliphatic carbocycles. The van der Waals surface area contributed by atoms with E-state index < -0.39 is 0 Å². The van der Waals surface area contributed by atoms with Gasteiger partial charge in [0.2, 0.25) is 0 Å². The average Bonchev–Trinajstić information content (AvgIpc) is 3.00. The number of pyridine rings is 1. The van der Waals surface area contributed by atoms with E-state index in [1.807, 2.05) is 35.0 Å². The number of hydrogen-bond acceptors (Lipinski definition) is 4. The Kier molecular flexibility index (Phi) is 5.13. The topological polar surface area (TPSA) is 63.1 Å². The number of rotatable bonds is 5. The first-order valence-electron chi connectivity index (χ1n) is 8.68. The Bertz CT molecular complexity index is 703. The number of amides is 1. The second-order valence-electron chi connectivity index (χ2n) is 6.23. The second kappa shape index (κ2) is 7.47. The first-order chi connectivity index (χ1) is 11.7. The highest BCUT2D eigenvalue weighted by atomic mass is 16.2. The van der Waals surface area contributed by atoms with Gasteiger partial charge in [-0.15, -0.1) is 0 Å². The summed E-state index contributed by atoms with van der Waals surface area (Å²) in [6, 6.07) is 3.68. The average molecular weight is 327 g/mol. The van der Waals surface area contributed by atoms with E-state index >= 15 is 0 Å². The van der Waals surface area contributed by atoms with Gasteiger partial charge in [-0.05, 0) is 37.8 Å². The van der Waals surface area contributed by atoms with E-state index in [1.165, 1.54) is 6.42 Å². The fraction of sp³-hybridized carbons (Fsp3) is 0.500. The third kappa shape index (κ3) is 3.58. The summed E-state index contributed by atoms with van der Waals surface area (Å²) >= 11 is 0. The molecule has 1 aliphatic heterocycles. The third-order valence-electron chi connectivity index (χ3n) is 4.45. The highest BCUT2D eigenvalue weighted by molar-refractivity contribution is 5.98. The summed E-state index contributed by atoms with van der Waals surface area (Å²) in [6.07, 6.45) is 8.01. The van der Waals surface area contributed by atoms with Crippen molar-refractivity contribution in [2.45, 2.75) is 39.2 Å². The number of carbonyl (C=O) groups is 1. The summed E-state index contributed by atoms with van der Waals surface area (Å²) < 4.78 is 1.83. The summed E-state index contributed by atoms with van der Waals surface area (Å²) in [5, 5.41) is 7.78. The van der Waals surface area contributed by atoms with Crippen molar-refractivity contribution in [1.82, 2.24) is 19.7 Å². The molecule has 3 rings (SSSR count). The molecule has 6 heteroatoms. The molecule has 0 radical (unpaired) electrons. The zero-order valence-corrected chi connectivity index (χ0v) is 14.5. The zero-order chi connectivity index (χ0) is 16.9. The van der Waals surface area contributed by atoms with Gasteiger partial charge in [0.25, 0.3) is 5.91 Å². The molecule has 1 aliphatic rings. The molecule has 0 aromatic carbocycles. The smallest absolute Gasteiger partial charge is 0.257 e. The van der Waals surface area contributed by atoms with E-state index in [9.17, 15) is 4.79 Å². The van der Waals surface area contributed by atoms with E-state index in [0.717, 1.165) is 43.6 Å². The number of nitrogens with zero attached hydrogens (tertiary/aromatic N) is 4. The van der Waals surface area contributed by atoms with E-state index in [0.29, 0.717) is 17.9 Å². The van der Waals surface area contributed by atoms with Gasteiger partial charge < -0.3 is 10.2 Å². The van der Waals surface area contributed by atoms with Crippen LogP contribution in [-0.4, -0.2) is 38.7 Å². The normalized spacial score (nSPS) is 14.7. The van der Waals surface area contributed by atoms with Crippen molar-refractivity contribution in [1.29, 1.82) is 0 Å². The minimum atomic E-state index is 0.0761. The van der Waals surface area contributed by atoms with Gasteiger partial charge in [0.05, 0.1) is 11.3 Å². The van der Waals surface area contributed by atoms with Crippen LogP contribution < -0.4 is 5.32 Å². The largest absolute Gasteiger partial charge is 0.365 e. The van der Waals surface area contributed by atoms with E-state index in [2.05, 4.69) is 22.3 Å². The molecule has 0 atom stereocenters. The maximum atomic E-state index is 12.8. The summed E-state index contributed by atoms with van der Waals surface area (Å²) in [5.74, 6) is 0.728. The molecule has 0 bridgehead atoms. The Hall–Kier alpha value is -2.37. The SMILES string of the molecule is CCc1nn(C)cc1CNc1ncccc1C(=O)N1CCCCC1. The molecule has 24 heavy (non-hydrogen) atoms. The molecular weight excluding hydrogens is 302 g/mol. The Labute approximate surface area is 142 Å². The van der Waals surface area contributed by atoms with Gasteiger partial charge in [-0.3, -0.25) is 9.48 Å². The van der Waals surface area contributed by atoms with Crippen molar-refractivity contribution in [2.75, 3.05) is 18.4 Å². The van der Waals surface area contributed by atoms with Gasteiger partial charge in [-0.2, -0.15) is 5.10 Å².